The van der Waals surface area contributed by atoms with Gasteiger partial charge in [0.25, 0.3) is 0 Å². The molecule has 1 N–H and O–H groups in total. The van der Waals surface area contributed by atoms with Crippen molar-refractivity contribution in [3.8, 4) is 0 Å². The summed E-state index contributed by atoms with van der Waals surface area (Å²) in [6, 6.07) is 0. The quantitative estimate of drug-likeness (QED) is 0.832. The lowest BCUT2D eigenvalue weighted by Gasteiger charge is -2.32. The van der Waals surface area contributed by atoms with E-state index in [1.165, 1.54) is 12.8 Å². The van der Waals surface area contributed by atoms with Crippen molar-refractivity contribution in [2.24, 2.45) is 23.7 Å². The van der Waals surface area contributed by atoms with Gasteiger partial charge in [-0.3, -0.25) is 9.59 Å². The molecule has 0 spiro atoms. The van der Waals surface area contributed by atoms with Gasteiger partial charge in [0.15, 0.2) is 0 Å². The van der Waals surface area contributed by atoms with E-state index in [1.807, 2.05) is 4.90 Å². The number of hydrogen-bond donors (Lipinski definition) is 1. The molecule has 3 rings (SSSR count). The molecule has 3 fully saturated rings. The van der Waals surface area contributed by atoms with Gasteiger partial charge in [-0.15, -0.1) is 0 Å². The van der Waals surface area contributed by atoms with Crippen molar-refractivity contribution in [2.45, 2.75) is 44.9 Å². The first-order valence-electron chi connectivity index (χ1n) is 7.70. The molecule has 4 heteroatoms. The maximum Gasteiger partial charge on any atom is 0.307 e. The van der Waals surface area contributed by atoms with Crippen molar-refractivity contribution >= 4 is 11.9 Å². The molecule has 1 amide bonds. The fraction of sp³-hybridized carbons (Fsp3) is 0.867. The number of carboxylic acid groups (broad SMARTS) is 1. The molecule has 2 aliphatic carbocycles. The number of rotatable bonds is 2. The summed E-state index contributed by atoms with van der Waals surface area (Å²) in [5, 5.41) is 9.44. The van der Waals surface area contributed by atoms with Gasteiger partial charge >= 0.3 is 5.97 Å². The number of nitrogens with zero attached hydrogens (tertiary/aromatic N) is 1. The molecule has 0 aromatic heterocycles. The summed E-state index contributed by atoms with van der Waals surface area (Å²) in [5.41, 5.74) is 0. The summed E-state index contributed by atoms with van der Waals surface area (Å²) in [7, 11) is 0. The van der Waals surface area contributed by atoms with Gasteiger partial charge in [-0.1, -0.05) is 12.8 Å². The minimum atomic E-state index is -0.750. The van der Waals surface area contributed by atoms with Crippen LogP contribution in [-0.4, -0.2) is 35.0 Å². The Labute approximate surface area is 114 Å². The molecule has 2 bridgehead atoms. The summed E-state index contributed by atoms with van der Waals surface area (Å²) >= 11 is 0. The molecule has 4 atom stereocenters. The van der Waals surface area contributed by atoms with Crippen LogP contribution in [0.5, 0.6) is 0 Å². The molecule has 2 saturated carbocycles. The van der Waals surface area contributed by atoms with Crippen LogP contribution >= 0.6 is 0 Å². The van der Waals surface area contributed by atoms with Gasteiger partial charge in [0.1, 0.15) is 0 Å². The molecule has 0 aromatic rings. The van der Waals surface area contributed by atoms with Gasteiger partial charge in [0, 0.05) is 13.1 Å². The van der Waals surface area contributed by atoms with Crippen LogP contribution in [0.25, 0.3) is 0 Å². The normalized spacial score (nSPS) is 38.2. The van der Waals surface area contributed by atoms with Crippen LogP contribution in [0.1, 0.15) is 44.9 Å². The molecule has 3 aliphatic rings. The van der Waals surface area contributed by atoms with Crippen LogP contribution < -0.4 is 0 Å². The SMILES string of the molecule is O=C(O)[C@H]1[C@@H]2CC[C@H](C2)[C@H]1C(=O)N1CCCCCC1. The van der Waals surface area contributed by atoms with Crippen molar-refractivity contribution in [3.63, 3.8) is 0 Å². The summed E-state index contributed by atoms with van der Waals surface area (Å²) in [6.45, 7) is 1.66. The third-order valence-electron chi connectivity index (χ3n) is 5.40. The van der Waals surface area contributed by atoms with Gasteiger partial charge in [-0.2, -0.15) is 0 Å². The van der Waals surface area contributed by atoms with Crippen molar-refractivity contribution < 1.29 is 14.7 Å². The van der Waals surface area contributed by atoms with Crippen molar-refractivity contribution in [3.05, 3.63) is 0 Å². The largest absolute Gasteiger partial charge is 0.481 e. The number of fused-ring (bicyclic) bond motifs is 2. The molecule has 0 aromatic carbocycles. The monoisotopic (exact) mass is 265 g/mol. The highest BCUT2D eigenvalue weighted by Crippen LogP contribution is 2.53. The zero-order valence-electron chi connectivity index (χ0n) is 11.4. The van der Waals surface area contributed by atoms with Crippen LogP contribution in [0.4, 0.5) is 0 Å². The summed E-state index contributed by atoms with van der Waals surface area (Å²) in [6.07, 6.45) is 7.56. The highest BCUT2D eigenvalue weighted by atomic mass is 16.4. The van der Waals surface area contributed by atoms with E-state index in [-0.39, 0.29) is 17.7 Å². The van der Waals surface area contributed by atoms with Crippen LogP contribution in [0, 0.1) is 23.7 Å². The van der Waals surface area contributed by atoms with E-state index in [4.69, 9.17) is 0 Å². The molecule has 0 unspecified atom stereocenters. The van der Waals surface area contributed by atoms with Crippen LogP contribution in [0.15, 0.2) is 0 Å². The molecular formula is C15H23NO3. The Morgan fingerprint density at radius 1 is 0.895 bits per heavy atom. The second-order valence-corrected chi connectivity index (χ2v) is 6.46. The lowest BCUT2D eigenvalue weighted by Crippen LogP contribution is -2.44. The van der Waals surface area contributed by atoms with E-state index in [1.54, 1.807) is 0 Å². The van der Waals surface area contributed by atoms with Crippen molar-refractivity contribution in [1.29, 1.82) is 0 Å². The summed E-state index contributed by atoms with van der Waals surface area (Å²) < 4.78 is 0. The Hall–Kier alpha value is -1.06. The van der Waals surface area contributed by atoms with E-state index in [0.29, 0.717) is 5.92 Å². The minimum absolute atomic E-state index is 0.140. The predicted molar refractivity (Wildman–Crippen MR) is 70.5 cm³/mol. The number of amides is 1. The Morgan fingerprint density at radius 2 is 1.47 bits per heavy atom. The van der Waals surface area contributed by atoms with Crippen LogP contribution in [-0.2, 0) is 9.59 Å². The smallest absolute Gasteiger partial charge is 0.307 e. The average molecular weight is 265 g/mol. The fourth-order valence-electron chi connectivity index (χ4n) is 4.50. The van der Waals surface area contributed by atoms with Gasteiger partial charge in [-0.25, -0.2) is 0 Å². The number of hydrogen-bond acceptors (Lipinski definition) is 2. The Morgan fingerprint density at radius 3 is 2.05 bits per heavy atom. The number of carboxylic acids is 1. The molecule has 1 saturated heterocycles. The first-order valence-corrected chi connectivity index (χ1v) is 7.70. The lowest BCUT2D eigenvalue weighted by molar-refractivity contribution is -0.152. The Kier molecular flexibility index (Phi) is 3.50. The third kappa shape index (κ3) is 2.26. The van der Waals surface area contributed by atoms with E-state index in [0.717, 1.165) is 45.2 Å². The minimum Gasteiger partial charge on any atom is -0.481 e. The summed E-state index contributed by atoms with van der Waals surface area (Å²) in [4.78, 5) is 26.2. The second-order valence-electron chi connectivity index (χ2n) is 6.46. The van der Waals surface area contributed by atoms with Gasteiger partial charge in [0.2, 0.25) is 5.91 Å². The molecule has 1 aliphatic heterocycles. The van der Waals surface area contributed by atoms with Gasteiger partial charge in [0.05, 0.1) is 11.8 Å². The van der Waals surface area contributed by atoms with E-state index in [9.17, 15) is 14.7 Å². The number of aliphatic carboxylic acids is 1. The number of carbonyl (C=O) groups is 2. The number of carbonyl (C=O) groups excluding carboxylic acids is 1. The summed E-state index contributed by atoms with van der Waals surface area (Å²) in [5.74, 6) is -0.656. The standard InChI is InChI=1S/C15H23NO3/c17-14(16-7-3-1-2-4-8-16)12-10-5-6-11(9-10)13(12)15(18)19/h10-13H,1-9H2,(H,18,19)/t10-,11-,12-,13+/m1/s1. The average Bonchev–Trinajstić information content (AvgIpc) is 2.89. The zero-order chi connectivity index (χ0) is 13.4. The number of likely N-dealkylation sites (tertiary alicyclic amines) is 1. The maximum absolute atomic E-state index is 12.7. The highest BCUT2D eigenvalue weighted by molar-refractivity contribution is 5.86. The maximum atomic E-state index is 12.7. The van der Waals surface area contributed by atoms with Gasteiger partial charge < -0.3 is 10.0 Å². The zero-order valence-corrected chi connectivity index (χ0v) is 11.4. The first kappa shape index (κ1) is 12.9. The molecule has 0 radical (unpaired) electrons. The molecular weight excluding hydrogens is 242 g/mol. The Bertz CT molecular complexity index is 374. The topological polar surface area (TPSA) is 57.6 Å². The third-order valence-corrected chi connectivity index (χ3v) is 5.40. The van der Waals surface area contributed by atoms with Crippen molar-refractivity contribution in [2.75, 3.05) is 13.1 Å². The predicted octanol–water partition coefficient (Wildman–Crippen LogP) is 2.14. The van der Waals surface area contributed by atoms with Crippen LogP contribution in [0.2, 0.25) is 0 Å². The van der Waals surface area contributed by atoms with E-state index >= 15 is 0 Å². The van der Waals surface area contributed by atoms with Crippen molar-refractivity contribution in [1.82, 2.24) is 4.90 Å². The molecule has 19 heavy (non-hydrogen) atoms. The lowest BCUT2D eigenvalue weighted by atomic mass is 9.78. The first-order chi connectivity index (χ1) is 9.18. The molecule has 106 valence electrons. The molecule has 1 heterocycles. The fourth-order valence-corrected chi connectivity index (χ4v) is 4.50. The van der Waals surface area contributed by atoms with E-state index in [2.05, 4.69) is 0 Å². The van der Waals surface area contributed by atoms with E-state index < -0.39 is 11.9 Å². The van der Waals surface area contributed by atoms with Gasteiger partial charge in [-0.05, 0) is 43.9 Å². The molecule has 4 nitrogen and oxygen atoms in total. The Balaban J connectivity index is 1.76. The van der Waals surface area contributed by atoms with Crippen LogP contribution in [0.3, 0.4) is 0 Å². The highest BCUT2D eigenvalue weighted by Gasteiger charge is 2.54. The second kappa shape index (κ2) is 5.14.